The number of hydrogen-bond donors (Lipinski definition) is 3. The first-order chi connectivity index (χ1) is 9.22. The molecule has 0 heterocycles. The minimum Gasteiger partial charge on any atom is -0.484 e. The fourth-order valence-corrected chi connectivity index (χ4v) is 1.29. The number of rotatable bonds is 8. The van der Waals surface area contributed by atoms with Gasteiger partial charge in [-0.15, -0.1) is 0 Å². The first-order valence-electron chi connectivity index (χ1n) is 6.13. The molecular weight excluding hydrogens is 246 g/mol. The summed E-state index contributed by atoms with van der Waals surface area (Å²) in [4.78, 5) is 22.7. The van der Waals surface area contributed by atoms with E-state index in [4.69, 9.17) is 10.5 Å². The molecule has 0 fully saturated rings. The Balaban J connectivity index is 2.12. The molecule has 2 amide bonds. The maximum absolute atomic E-state index is 11.4. The minimum atomic E-state index is -0.335. The van der Waals surface area contributed by atoms with Crippen molar-refractivity contribution in [2.75, 3.05) is 26.2 Å². The van der Waals surface area contributed by atoms with Gasteiger partial charge in [-0.3, -0.25) is 9.59 Å². The number of nitrogens with one attached hydrogen (secondary N) is 2. The van der Waals surface area contributed by atoms with Gasteiger partial charge < -0.3 is 21.1 Å². The Bertz CT molecular complexity index is 395. The Morgan fingerprint density at radius 2 is 1.84 bits per heavy atom. The van der Waals surface area contributed by atoms with Gasteiger partial charge in [-0.1, -0.05) is 18.2 Å². The number of ether oxygens (including phenoxy) is 1. The summed E-state index contributed by atoms with van der Waals surface area (Å²) in [5, 5.41) is 5.11. The zero-order chi connectivity index (χ0) is 13.9. The highest BCUT2D eigenvalue weighted by atomic mass is 16.5. The topological polar surface area (TPSA) is 93.5 Å². The number of hydrogen-bond acceptors (Lipinski definition) is 4. The molecule has 0 saturated heterocycles. The smallest absolute Gasteiger partial charge is 0.258 e. The second kappa shape index (κ2) is 8.93. The lowest BCUT2D eigenvalue weighted by Gasteiger charge is -2.07. The van der Waals surface area contributed by atoms with Gasteiger partial charge in [0.05, 0.1) is 6.54 Å². The third-order valence-electron chi connectivity index (χ3n) is 2.26. The Hall–Kier alpha value is -2.08. The van der Waals surface area contributed by atoms with Crippen LogP contribution in [0.5, 0.6) is 5.75 Å². The number of amides is 2. The van der Waals surface area contributed by atoms with Gasteiger partial charge >= 0.3 is 0 Å². The molecule has 0 aliphatic rings. The number of carbonyl (C=O) groups excluding carboxylic acids is 2. The number of para-hydroxylation sites is 1. The van der Waals surface area contributed by atoms with Gasteiger partial charge in [0.15, 0.2) is 6.61 Å². The Kier molecular flexibility index (Phi) is 7.04. The summed E-state index contributed by atoms with van der Waals surface area (Å²) in [6.07, 6.45) is 0.719. The van der Waals surface area contributed by atoms with Crippen molar-refractivity contribution < 1.29 is 14.3 Å². The van der Waals surface area contributed by atoms with Crippen LogP contribution in [0.15, 0.2) is 30.3 Å². The molecule has 0 aromatic heterocycles. The van der Waals surface area contributed by atoms with E-state index in [0.717, 1.165) is 6.42 Å². The Morgan fingerprint density at radius 3 is 2.53 bits per heavy atom. The molecular formula is C13H19N3O3. The average Bonchev–Trinajstić information content (AvgIpc) is 2.44. The van der Waals surface area contributed by atoms with Gasteiger partial charge in [0, 0.05) is 6.54 Å². The molecule has 0 atom stereocenters. The summed E-state index contributed by atoms with van der Waals surface area (Å²) >= 11 is 0. The van der Waals surface area contributed by atoms with E-state index in [1.807, 2.05) is 18.2 Å². The molecule has 0 spiro atoms. The first kappa shape index (κ1) is 15.0. The predicted molar refractivity (Wildman–Crippen MR) is 71.6 cm³/mol. The van der Waals surface area contributed by atoms with Crippen molar-refractivity contribution in [2.24, 2.45) is 5.73 Å². The van der Waals surface area contributed by atoms with Crippen LogP contribution in [0, 0.1) is 0 Å². The van der Waals surface area contributed by atoms with Gasteiger partial charge in [0.2, 0.25) is 5.91 Å². The largest absolute Gasteiger partial charge is 0.484 e. The average molecular weight is 265 g/mol. The van der Waals surface area contributed by atoms with Crippen molar-refractivity contribution >= 4 is 11.8 Å². The lowest BCUT2D eigenvalue weighted by Crippen LogP contribution is -2.39. The van der Waals surface area contributed by atoms with Crippen LogP contribution in [0.4, 0.5) is 0 Å². The van der Waals surface area contributed by atoms with Gasteiger partial charge in [-0.25, -0.2) is 0 Å². The standard InChI is InChI=1S/C13H19N3O3/c14-7-4-8-15-12(17)9-16-13(18)10-19-11-5-2-1-3-6-11/h1-3,5-6H,4,7-10,14H2,(H,15,17)(H,16,18). The van der Waals surface area contributed by atoms with Crippen LogP contribution in [-0.2, 0) is 9.59 Å². The molecule has 6 heteroatoms. The van der Waals surface area contributed by atoms with Crippen molar-refractivity contribution in [3.63, 3.8) is 0 Å². The third kappa shape index (κ3) is 7.05. The lowest BCUT2D eigenvalue weighted by atomic mass is 10.3. The van der Waals surface area contributed by atoms with Crippen LogP contribution in [0.25, 0.3) is 0 Å². The summed E-state index contributed by atoms with van der Waals surface area (Å²) in [6.45, 7) is 0.880. The predicted octanol–water partition coefficient (Wildman–Crippen LogP) is -0.353. The van der Waals surface area contributed by atoms with E-state index in [1.54, 1.807) is 12.1 Å². The summed E-state index contributed by atoms with van der Waals surface area (Å²) < 4.78 is 5.24. The normalized spacial score (nSPS) is 9.74. The van der Waals surface area contributed by atoms with Crippen molar-refractivity contribution in [3.8, 4) is 5.75 Å². The van der Waals surface area contributed by atoms with Crippen molar-refractivity contribution in [2.45, 2.75) is 6.42 Å². The highest BCUT2D eigenvalue weighted by Gasteiger charge is 2.05. The van der Waals surface area contributed by atoms with Crippen LogP contribution in [0.2, 0.25) is 0 Å². The van der Waals surface area contributed by atoms with Crippen LogP contribution in [0.3, 0.4) is 0 Å². The second-order valence-electron chi connectivity index (χ2n) is 3.87. The van der Waals surface area contributed by atoms with E-state index in [2.05, 4.69) is 10.6 Å². The molecule has 0 bridgehead atoms. The van der Waals surface area contributed by atoms with Crippen LogP contribution in [-0.4, -0.2) is 38.1 Å². The molecule has 1 rings (SSSR count). The monoisotopic (exact) mass is 265 g/mol. The van der Waals surface area contributed by atoms with Gasteiger partial charge in [-0.2, -0.15) is 0 Å². The SMILES string of the molecule is NCCCNC(=O)CNC(=O)COc1ccccc1. The molecule has 6 nitrogen and oxygen atoms in total. The molecule has 19 heavy (non-hydrogen) atoms. The van der Waals surface area contributed by atoms with E-state index in [9.17, 15) is 9.59 Å². The van der Waals surface area contributed by atoms with Crippen molar-refractivity contribution in [3.05, 3.63) is 30.3 Å². The molecule has 104 valence electrons. The van der Waals surface area contributed by atoms with E-state index >= 15 is 0 Å². The summed E-state index contributed by atoms with van der Waals surface area (Å²) in [5.74, 6) is 0.0457. The molecule has 0 aliphatic carbocycles. The van der Waals surface area contributed by atoms with Gasteiger partial charge in [0.1, 0.15) is 5.75 Å². The highest BCUT2D eigenvalue weighted by molar-refractivity contribution is 5.85. The maximum atomic E-state index is 11.4. The fraction of sp³-hybridized carbons (Fsp3) is 0.385. The first-order valence-corrected chi connectivity index (χ1v) is 6.13. The lowest BCUT2D eigenvalue weighted by molar-refractivity contribution is -0.127. The van der Waals surface area contributed by atoms with Crippen molar-refractivity contribution in [1.82, 2.24) is 10.6 Å². The van der Waals surface area contributed by atoms with Crippen LogP contribution in [0.1, 0.15) is 6.42 Å². The molecule has 0 saturated carbocycles. The molecule has 4 N–H and O–H groups in total. The van der Waals surface area contributed by atoms with Crippen LogP contribution < -0.4 is 21.1 Å². The summed E-state index contributed by atoms with van der Waals surface area (Å²) in [6, 6.07) is 9.01. The molecule has 1 aromatic rings. The molecule has 0 unspecified atom stereocenters. The zero-order valence-electron chi connectivity index (χ0n) is 10.7. The van der Waals surface area contributed by atoms with E-state index in [0.29, 0.717) is 18.8 Å². The van der Waals surface area contributed by atoms with Gasteiger partial charge in [-0.05, 0) is 25.1 Å². The van der Waals surface area contributed by atoms with E-state index < -0.39 is 0 Å². The van der Waals surface area contributed by atoms with Crippen molar-refractivity contribution in [1.29, 1.82) is 0 Å². The zero-order valence-corrected chi connectivity index (χ0v) is 10.7. The molecule has 1 aromatic carbocycles. The number of benzene rings is 1. The second-order valence-corrected chi connectivity index (χ2v) is 3.87. The maximum Gasteiger partial charge on any atom is 0.258 e. The fourth-order valence-electron chi connectivity index (χ4n) is 1.29. The number of nitrogens with two attached hydrogens (primary N) is 1. The number of carbonyl (C=O) groups is 2. The van der Waals surface area contributed by atoms with Crippen LogP contribution >= 0.6 is 0 Å². The van der Waals surface area contributed by atoms with E-state index in [-0.39, 0.29) is 25.0 Å². The summed E-state index contributed by atoms with van der Waals surface area (Å²) in [5.41, 5.74) is 5.29. The third-order valence-corrected chi connectivity index (χ3v) is 2.26. The molecule has 0 aliphatic heterocycles. The minimum absolute atomic E-state index is 0.0540. The molecule has 0 radical (unpaired) electrons. The highest BCUT2D eigenvalue weighted by Crippen LogP contribution is 2.07. The Labute approximate surface area is 112 Å². The summed E-state index contributed by atoms with van der Waals surface area (Å²) in [7, 11) is 0. The quantitative estimate of drug-likeness (QED) is 0.560. The van der Waals surface area contributed by atoms with Gasteiger partial charge in [0.25, 0.3) is 5.91 Å². The van der Waals surface area contributed by atoms with E-state index in [1.165, 1.54) is 0 Å². The Morgan fingerprint density at radius 1 is 1.11 bits per heavy atom.